The quantitative estimate of drug-likeness (QED) is 0.827. The number of amides is 1. The minimum atomic E-state index is -3.47. The average Bonchev–Trinajstić information content (AvgIpc) is 3.18. The van der Waals surface area contributed by atoms with Gasteiger partial charge in [-0.05, 0) is 18.8 Å². The van der Waals surface area contributed by atoms with Gasteiger partial charge >= 0.3 is 0 Å². The van der Waals surface area contributed by atoms with Crippen LogP contribution in [0.25, 0.3) is 0 Å². The fourth-order valence-corrected chi connectivity index (χ4v) is 4.61. The minimum Gasteiger partial charge on any atom is -0.396 e. The molecule has 0 atom stereocenters. The predicted molar refractivity (Wildman–Crippen MR) is 85.7 cm³/mol. The number of hydrogen-bond donors (Lipinski definition) is 2. The Morgan fingerprint density at radius 2 is 2.05 bits per heavy atom. The van der Waals surface area contributed by atoms with Gasteiger partial charge in [0, 0.05) is 20.6 Å². The van der Waals surface area contributed by atoms with Crippen molar-refractivity contribution in [2.45, 2.75) is 24.7 Å². The highest BCUT2D eigenvalue weighted by Crippen LogP contribution is 2.41. The number of nitrogens with two attached hydrogens (primary N) is 1. The third kappa shape index (κ3) is 3.32. The van der Waals surface area contributed by atoms with Gasteiger partial charge in [0.25, 0.3) is 5.91 Å². The molecular weight excluding hydrogens is 310 g/mol. The van der Waals surface area contributed by atoms with Gasteiger partial charge in [-0.25, -0.2) is 8.42 Å². The van der Waals surface area contributed by atoms with Crippen molar-refractivity contribution in [3.8, 4) is 0 Å². The van der Waals surface area contributed by atoms with Crippen LogP contribution in [0.1, 0.15) is 29.4 Å². The maximum Gasteiger partial charge on any atom is 0.265 e. The molecule has 0 unspecified atom stereocenters. The van der Waals surface area contributed by atoms with E-state index in [2.05, 4.69) is 5.32 Å². The van der Waals surface area contributed by atoms with Crippen molar-refractivity contribution in [2.24, 2.45) is 5.92 Å². The van der Waals surface area contributed by atoms with Crippen LogP contribution >= 0.6 is 11.3 Å². The molecule has 8 heteroatoms. The van der Waals surface area contributed by atoms with E-state index in [0.29, 0.717) is 10.9 Å². The molecule has 1 aromatic rings. The zero-order valence-electron chi connectivity index (χ0n) is 12.5. The van der Waals surface area contributed by atoms with Crippen LogP contribution in [0.2, 0.25) is 0 Å². The first kappa shape index (κ1) is 16.1. The first-order valence-corrected chi connectivity index (χ1v) is 9.35. The van der Waals surface area contributed by atoms with Crippen LogP contribution in [-0.2, 0) is 9.84 Å². The molecule has 0 saturated heterocycles. The lowest BCUT2D eigenvalue weighted by molar-refractivity contribution is 0.0833. The Morgan fingerprint density at radius 1 is 1.43 bits per heavy atom. The Bertz CT molecular complexity index is 646. The summed E-state index contributed by atoms with van der Waals surface area (Å²) in [6.45, 7) is 2.30. The molecule has 3 N–H and O–H groups in total. The third-order valence-electron chi connectivity index (χ3n) is 3.44. The molecule has 0 aromatic carbocycles. The number of carbonyl (C=O) groups is 1. The molecule has 1 aliphatic rings. The monoisotopic (exact) mass is 331 g/mol. The van der Waals surface area contributed by atoms with Crippen molar-refractivity contribution < 1.29 is 13.2 Å². The second-order valence-corrected chi connectivity index (χ2v) is 8.67. The summed E-state index contributed by atoms with van der Waals surface area (Å²) in [5, 5.41) is 3.65. The lowest BCUT2D eigenvalue weighted by Crippen LogP contribution is -2.21. The summed E-state index contributed by atoms with van der Waals surface area (Å²) in [4.78, 5) is 13.9. The van der Waals surface area contributed by atoms with Crippen molar-refractivity contribution in [1.82, 2.24) is 4.90 Å². The highest BCUT2D eigenvalue weighted by atomic mass is 32.2. The zero-order chi connectivity index (χ0) is 15.8. The number of thiophene rings is 1. The Balaban J connectivity index is 2.45. The van der Waals surface area contributed by atoms with Crippen LogP contribution in [0.4, 0.5) is 10.7 Å². The topological polar surface area (TPSA) is 92.5 Å². The van der Waals surface area contributed by atoms with E-state index in [1.54, 1.807) is 21.0 Å². The summed E-state index contributed by atoms with van der Waals surface area (Å²) in [5.74, 6) is 0.282. The van der Waals surface area contributed by atoms with Gasteiger partial charge in [0.1, 0.15) is 14.8 Å². The molecule has 0 bridgehead atoms. The molecule has 118 valence electrons. The maximum absolute atomic E-state index is 12.3. The number of nitrogens with one attached hydrogen (secondary N) is 1. The summed E-state index contributed by atoms with van der Waals surface area (Å²) in [6.07, 6.45) is 2.32. The highest BCUT2D eigenvalue weighted by Gasteiger charge is 2.30. The van der Waals surface area contributed by atoms with Crippen molar-refractivity contribution >= 4 is 37.8 Å². The van der Waals surface area contributed by atoms with Crippen molar-refractivity contribution in [3.05, 3.63) is 4.88 Å². The first-order chi connectivity index (χ1) is 9.77. The van der Waals surface area contributed by atoms with E-state index in [-0.39, 0.29) is 27.1 Å². The van der Waals surface area contributed by atoms with E-state index < -0.39 is 9.84 Å². The van der Waals surface area contributed by atoms with E-state index in [1.807, 2.05) is 0 Å². The third-order valence-corrected chi connectivity index (χ3v) is 6.53. The Kier molecular flexibility index (Phi) is 4.48. The smallest absolute Gasteiger partial charge is 0.265 e. The zero-order valence-corrected chi connectivity index (χ0v) is 14.1. The molecule has 6 nitrogen and oxygen atoms in total. The van der Waals surface area contributed by atoms with E-state index in [9.17, 15) is 13.2 Å². The number of carbonyl (C=O) groups excluding carboxylic acids is 1. The maximum atomic E-state index is 12.3. The molecule has 1 amide bonds. The number of sulfone groups is 1. The lowest BCUT2D eigenvalue weighted by atomic mass is 10.3. The molecular formula is C13H21N3O3S2. The molecule has 1 saturated carbocycles. The van der Waals surface area contributed by atoms with Gasteiger partial charge in [0.15, 0.2) is 9.84 Å². The van der Waals surface area contributed by atoms with Gasteiger partial charge in [0.2, 0.25) is 0 Å². The standard InChI is InChI=1S/C13H21N3O3S2/c1-4-21(18,19)11-9(14)10(13(17)16(2)3)20-12(11)15-7-8-5-6-8/h8,15H,4-7,14H2,1-3H3. The summed E-state index contributed by atoms with van der Waals surface area (Å²) < 4.78 is 24.5. The number of anilines is 2. The molecule has 1 fully saturated rings. The van der Waals surface area contributed by atoms with Crippen LogP contribution in [0.3, 0.4) is 0 Å². The number of rotatable bonds is 6. The van der Waals surface area contributed by atoms with E-state index in [4.69, 9.17) is 5.73 Å². The molecule has 0 radical (unpaired) electrons. The normalized spacial score (nSPS) is 15.0. The Hall–Kier alpha value is -1.28. The fourth-order valence-electron chi connectivity index (χ4n) is 1.92. The molecule has 1 heterocycles. The van der Waals surface area contributed by atoms with Gasteiger partial charge in [-0.3, -0.25) is 4.79 Å². The van der Waals surface area contributed by atoms with Crippen LogP contribution in [0.5, 0.6) is 0 Å². The van der Waals surface area contributed by atoms with Gasteiger partial charge in [0.05, 0.1) is 11.4 Å². The summed E-state index contributed by atoms with van der Waals surface area (Å²) >= 11 is 1.13. The van der Waals surface area contributed by atoms with Gasteiger partial charge in [-0.15, -0.1) is 11.3 Å². The Labute approximate surface area is 129 Å². The number of hydrogen-bond acceptors (Lipinski definition) is 6. The highest BCUT2D eigenvalue weighted by molar-refractivity contribution is 7.91. The largest absolute Gasteiger partial charge is 0.396 e. The average molecular weight is 331 g/mol. The second kappa shape index (κ2) is 5.84. The molecule has 1 aliphatic carbocycles. The van der Waals surface area contributed by atoms with E-state index >= 15 is 0 Å². The minimum absolute atomic E-state index is 0.0400. The van der Waals surface area contributed by atoms with Crippen LogP contribution < -0.4 is 11.1 Å². The van der Waals surface area contributed by atoms with Crippen molar-refractivity contribution in [1.29, 1.82) is 0 Å². The van der Waals surface area contributed by atoms with E-state index in [1.165, 1.54) is 4.90 Å². The molecule has 21 heavy (non-hydrogen) atoms. The predicted octanol–water partition coefficient (Wildman–Crippen LogP) is 1.65. The number of nitrogens with zero attached hydrogens (tertiary/aromatic N) is 1. The molecule has 0 spiro atoms. The van der Waals surface area contributed by atoms with Gasteiger partial charge in [-0.1, -0.05) is 6.92 Å². The Morgan fingerprint density at radius 3 is 2.52 bits per heavy atom. The van der Waals surface area contributed by atoms with Crippen molar-refractivity contribution in [3.63, 3.8) is 0 Å². The molecule has 2 rings (SSSR count). The summed E-state index contributed by atoms with van der Waals surface area (Å²) in [6, 6.07) is 0. The van der Waals surface area contributed by atoms with E-state index in [0.717, 1.165) is 30.7 Å². The lowest BCUT2D eigenvalue weighted by Gasteiger charge is -2.09. The van der Waals surface area contributed by atoms with Crippen LogP contribution in [0.15, 0.2) is 4.90 Å². The molecule has 1 aromatic heterocycles. The SMILES string of the molecule is CCS(=O)(=O)c1c(NCC2CC2)sc(C(=O)N(C)C)c1N. The van der Waals surface area contributed by atoms with Gasteiger partial charge < -0.3 is 16.0 Å². The van der Waals surface area contributed by atoms with Crippen molar-refractivity contribution in [2.75, 3.05) is 37.4 Å². The fraction of sp³-hybridized carbons (Fsp3) is 0.615. The van der Waals surface area contributed by atoms with Crippen LogP contribution in [-0.4, -0.2) is 45.6 Å². The van der Waals surface area contributed by atoms with Gasteiger partial charge in [-0.2, -0.15) is 0 Å². The number of nitrogen functional groups attached to an aromatic ring is 1. The first-order valence-electron chi connectivity index (χ1n) is 6.88. The van der Waals surface area contributed by atoms with Crippen LogP contribution in [0, 0.1) is 5.92 Å². The summed E-state index contributed by atoms with van der Waals surface area (Å²) in [7, 11) is -0.238. The molecule has 0 aliphatic heterocycles. The summed E-state index contributed by atoms with van der Waals surface area (Å²) in [5.41, 5.74) is 6.04. The second-order valence-electron chi connectivity index (χ2n) is 5.43.